The maximum Gasteiger partial charge on any atom is 0.262 e. The zero-order chi connectivity index (χ0) is 16.1. The summed E-state index contributed by atoms with van der Waals surface area (Å²) in [6.45, 7) is 5.61. The van der Waals surface area contributed by atoms with E-state index in [9.17, 15) is 9.59 Å². The second-order valence-corrected chi connectivity index (χ2v) is 6.38. The molecule has 0 fully saturated rings. The third kappa shape index (κ3) is 4.24. The number of anilines is 1. The maximum absolute atomic E-state index is 12.0. The van der Waals surface area contributed by atoms with E-state index in [0.29, 0.717) is 15.9 Å². The van der Waals surface area contributed by atoms with Gasteiger partial charge in [0.25, 0.3) is 5.91 Å². The van der Waals surface area contributed by atoms with Gasteiger partial charge < -0.3 is 10.2 Å². The third-order valence-corrected chi connectivity index (χ3v) is 4.73. The first kappa shape index (κ1) is 16.8. The molecule has 1 aromatic carbocycles. The quantitative estimate of drug-likeness (QED) is 0.895. The van der Waals surface area contributed by atoms with Crippen LogP contribution in [0.25, 0.3) is 0 Å². The zero-order valence-electron chi connectivity index (χ0n) is 12.5. The van der Waals surface area contributed by atoms with Crippen molar-refractivity contribution in [2.75, 3.05) is 18.4 Å². The van der Waals surface area contributed by atoms with Crippen LogP contribution in [0, 0.1) is 0 Å². The van der Waals surface area contributed by atoms with Crippen molar-refractivity contribution in [3.63, 3.8) is 0 Å². The molecular weight excluding hydrogens is 322 g/mol. The molecule has 0 saturated heterocycles. The average Bonchev–Trinajstić information content (AvgIpc) is 2.84. The summed E-state index contributed by atoms with van der Waals surface area (Å²) < 4.78 is 0. The molecule has 118 valence electrons. The van der Waals surface area contributed by atoms with Crippen LogP contribution in [-0.4, -0.2) is 40.2 Å². The molecule has 5 nitrogen and oxygen atoms in total. The Morgan fingerprint density at radius 2 is 1.95 bits per heavy atom. The SMILES string of the molecule is CCN(CC)C1=NC(=O)[C@H](CC(=O)Nc2ccc(Cl)cc2)S1. The summed E-state index contributed by atoms with van der Waals surface area (Å²) in [7, 11) is 0. The van der Waals surface area contributed by atoms with E-state index in [-0.39, 0.29) is 18.2 Å². The van der Waals surface area contributed by atoms with Gasteiger partial charge in [-0.2, -0.15) is 4.99 Å². The average molecular weight is 340 g/mol. The highest BCUT2D eigenvalue weighted by atomic mass is 35.5. The van der Waals surface area contributed by atoms with Gasteiger partial charge in [0, 0.05) is 30.2 Å². The van der Waals surface area contributed by atoms with E-state index in [0.717, 1.165) is 13.1 Å². The molecule has 0 spiro atoms. The van der Waals surface area contributed by atoms with Crippen LogP contribution < -0.4 is 5.32 Å². The standard InChI is InChI=1S/C15H18ClN3O2S/c1-3-19(4-2)15-18-14(21)12(22-15)9-13(20)17-11-7-5-10(16)6-8-11/h5-8,12H,3-4,9H2,1-2H3,(H,17,20)/t12-/m0/s1. The van der Waals surface area contributed by atoms with Crippen molar-refractivity contribution < 1.29 is 9.59 Å². The first-order valence-corrected chi connectivity index (χ1v) is 8.38. The van der Waals surface area contributed by atoms with Crippen molar-refractivity contribution in [2.45, 2.75) is 25.5 Å². The first-order chi connectivity index (χ1) is 10.5. The first-order valence-electron chi connectivity index (χ1n) is 7.13. The van der Waals surface area contributed by atoms with E-state index in [1.807, 2.05) is 18.7 Å². The number of halogens is 1. The van der Waals surface area contributed by atoms with Crippen LogP contribution >= 0.6 is 23.4 Å². The number of thioether (sulfide) groups is 1. The monoisotopic (exact) mass is 339 g/mol. The number of aliphatic imine (C=N–C) groups is 1. The van der Waals surface area contributed by atoms with E-state index in [1.54, 1.807) is 24.3 Å². The molecule has 2 amide bonds. The Morgan fingerprint density at radius 1 is 1.32 bits per heavy atom. The fraction of sp³-hybridized carbons (Fsp3) is 0.400. The lowest BCUT2D eigenvalue weighted by molar-refractivity contribution is -0.121. The number of nitrogens with one attached hydrogen (secondary N) is 1. The predicted molar refractivity (Wildman–Crippen MR) is 91.4 cm³/mol. The van der Waals surface area contributed by atoms with Gasteiger partial charge in [-0.3, -0.25) is 9.59 Å². The van der Waals surface area contributed by atoms with Gasteiger partial charge in [-0.25, -0.2) is 0 Å². The molecule has 0 aliphatic carbocycles. The highest BCUT2D eigenvalue weighted by Crippen LogP contribution is 2.27. The molecule has 0 saturated carbocycles. The van der Waals surface area contributed by atoms with Crippen LogP contribution in [0.5, 0.6) is 0 Å². The number of amides is 2. The molecule has 7 heteroatoms. The van der Waals surface area contributed by atoms with Crippen LogP contribution in [0.2, 0.25) is 5.02 Å². The minimum absolute atomic E-state index is 0.112. The van der Waals surface area contributed by atoms with E-state index >= 15 is 0 Å². The number of carbonyl (C=O) groups excluding carboxylic acids is 2. The van der Waals surface area contributed by atoms with Gasteiger partial charge in [0.05, 0.1) is 0 Å². The van der Waals surface area contributed by atoms with Crippen molar-refractivity contribution in [3.05, 3.63) is 29.3 Å². The second-order valence-electron chi connectivity index (χ2n) is 4.77. The molecular formula is C15H18ClN3O2S. The fourth-order valence-corrected chi connectivity index (χ4v) is 3.37. The Hall–Kier alpha value is -1.53. The van der Waals surface area contributed by atoms with Crippen molar-refractivity contribution in [1.29, 1.82) is 0 Å². The minimum Gasteiger partial charge on any atom is -0.352 e. The van der Waals surface area contributed by atoms with Crippen molar-refractivity contribution in [2.24, 2.45) is 4.99 Å². The Kier molecular flexibility index (Phi) is 5.85. The summed E-state index contributed by atoms with van der Waals surface area (Å²) >= 11 is 7.16. The number of nitrogens with zero attached hydrogens (tertiary/aromatic N) is 2. The van der Waals surface area contributed by atoms with Gasteiger partial charge in [0.15, 0.2) is 5.17 Å². The number of rotatable bonds is 5. The lowest BCUT2D eigenvalue weighted by Crippen LogP contribution is -2.27. The van der Waals surface area contributed by atoms with Crippen molar-refractivity contribution in [3.8, 4) is 0 Å². The molecule has 1 aliphatic rings. The molecule has 1 aliphatic heterocycles. The number of hydrogen-bond acceptors (Lipinski definition) is 4. The highest BCUT2D eigenvalue weighted by Gasteiger charge is 2.32. The van der Waals surface area contributed by atoms with Crippen LogP contribution in [0.3, 0.4) is 0 Å². The normalized spacial score (nSPS) is 17.3. The topological polar surface area (TPSA) is 61.8 Å². The smallest absolute Gasteiger partial charge is 0.262 e. The highest BCUT2D eigenvalue weighted by molar-refractivity contribution is 8.15. The predicted octanol–water partition coefficient (Wildman–Crippen LogP) is 3.01. The summed E-state index contributed by atoms with van der Waals surface area (Å²) in [4.78, 5) is 30.0. The van der Waals surface area contributed by atoms with Crippen molar-refractivity contribution >= 4 is 46.0 Å². The zero-order valence-corrected chi connectivity index (χ0v) is 14.1. The molecule has 0 aromatic heterocycles. The van der Waals surface area contributed by atoms with Gasteiger partial charge in [-0.1, -0.05) is 23.4 Å². The molecule has 22 heavy (non-hydrogen) atoms. The molecule has 1 aromatic rings. The molecule has 2 rings (SSSR count). The Labute approximate surface area is 139 Å². The van der Waals surface area contributed by atoms with Crippen LogP contribution in [0.15, 0.2) is 29.3 Å². The lowest BCUT2D eigenvalue weighted by atomic mass is 10.2. The van der Waals surface area contributed by atoms with Gasteiger partial charge >= 0.3 is 0 Å². The number of benzene rings is 1. The minimum atomic E-state index is -0.442. The third-order valence-electron chi connectivity index (χ3n) is 3.26. The number of carbonyl (C=O) groups is 2. The number of amidine groups is 1. The fourth-order valence-electron chi connectivity index (χ4n) is 2.05. The van der Waals surface area contributed by atoms with E-state index in [4.69, 9.17) is 11.6 Å². The van der Waals surface area contributed by atoms with Crippen LogP contribution in [-0.2, 0) is 9.59 Å². The summed E-state index contributed by atoms with van der Waals surface area (Å²) in [5.74, 6) is -0.442. The lowest BCUT2D eigenvalue weighted by Gasteiger charge is -2.19. The molecule has 1 heterocycles. The van der Waals surface area contributed by atoms with Crippen molar-refractivity contribution in [1.82, 2.24) is 4.90 Å². The van der Waals surface area contributed by atoms with Crippen LogP contribution in [0.1, 0.15) is 20.3 Å². The second kappa shape index (κ2) is 7.65. The van der Waals surface area contributed by atoms with Crippen LogP contribution in [0.4, 0.5) is 5.69 Å². The summed E-state index contributed by atoms with van der Waals surface area (Å²) in [5.41, 5.74) is 0.662. The molecule has 0 radical (unpaired) electrons. The summed E-state index contributed by atoms with van der Waals surface area (Å²) in [6.07, 6.45) is 0.112. The van der Waals surface area contributed by atoms with E-state index in [1.165, 1.54) is 11.8 Å². The number of hydrogen-bond donors (Lipinski definition) is 1. The Morgan fingerprint density at radius 3 is 2.55 bits per heavy atom. The van der Waals surface area contributed by atoms with E-state index in [2.05, 4.69) is 10.3 Å². The summed E-state index contributed by atoms with van der Waals surface area (Å²) in [5, 5.41) is 3.64. The van der Waals surface area contributed by atoms with Gasteiger partial charge in [-0.05, 0) is 38.1 Å². The maximum atomic E-state index is 12.0. The van der Waals surface area contributed by atoms with E-state index < -0.39 is 5.25 Å². The molecule has 0 bridgehead atoms. The largest absolute Gasteiger partial charge is 0.352 e. The Bertz CT molecular complexity index is 585. The van der Waals surface area contributed by atoms with Gasteiger partial charge in [0.2, 0.25) is 5.91 Å². The Balaban J connectivity index is 1.90. The molecule has 1 N–H and O–H groups in total. The summed E-state index contributed by atoms with van der Waals surface area (Å²) in [6, 6.07) is 6.85. The molecule has 1 atom stereocenters. The van der Waals surface area contributed by atoms with Gasteiger partial charge in [0.1, 0.15) is 5.25 Å². The van der Waals surface area contributed by atoms with Gasteiger partial charge in [-0.15, -0.1) is 0 Å². The molecule has 0 unspecified atom stereocenters.